The van der Waals surface area contributed by atoms with Crippen molar-refractivity contribution in [3.63, 3.8) is 0 Å². The lowest BCUT2D eigenvalue weighted by Gasteiger charge is -2.24. The van der Waals surface area contributed by atoms with Crippen molar-refractivity contribution in [2.45, 2.75) is 26.3 Å². The molecule has 0 aromatic heterocycles. The molecule has 0 unspecified atom stereocenters. The van der Waals surface area contributed by atoms with Gasteiger partial charge >= 0.3 is 0 Å². The molecule has 0 spiro atoms. The van der Waals surface area contributed by atoms with Crippen LogP contribution < -0.4 is 15.1 Å². The van der Waals surface area contributed by atoms with Crippen molar-refractivity contribution in [1.82, 2.24) is 5.43 Å². The zero-order valence-electron chi connectivity index (χ0n) is 15.2. The molecular weight excluding hydrogens is 326 g/mol. The molecule has 0 atom stereocenters. The van der Waals surface area contributed by atoms with Gasteiger partial charge in [-0.3, -0.25) is 4.79 Å². The molecule has 136 valence electrons. The van der Waals surface area contributed by atoms with Gasteiger partial charge in [-0.25, -0.2) is 5.43 Å². The third kappa shape index (κ3) is 5.17. The first-order valence-electron chi connectivity index (χ1n) is 9.20. The van der Waals surface area contributed by atoms with Crippen molar-refractivity contribution in [2.75, 3.05) is 19.7 Å². The van der Waals surface area contributed by atoms with Crippen LogP contribution in [0.2, 0.25) is 0 Å². The van der Waals surface area contributed by atoms with Gasteiger partial charge < -0.3 is 9.64 Å². The lowest BCUT2D eigenvalue weighted by atomic mass is 10.1. The van der Waals surface area contributed by atoms with Crippen LogP contribution in [0.4, 0.5) is 0 Å². The lowest BCUT2D eigenvalue weighted by molar-refractivity contribution is -0.914. The minimum absolute atomic E-state index is 0.181. The van der Waals surface area contributed by atoms with Gasteiger partial charge in [0.25, 0.3) is 5.91 Å². The van der Waals surface area contributed by atoms with Crippen LogP contribution in [0, 0.1) is 0 Å². The Labute approximate surface area is 154 Å². The Hall–Kier alpha value is -2.66. The smallest absolute Gasteiger partial charge is 0.271 e. The SMILES string of the molecule is CCOc1ccc(C(=O)NN=C2CC[NH+](Cc3ccccc3)CC2)cc1. The summed E-state index contributed by atoms with van der Waals surface area (Å²) in [6.07, 6.45) is 1.84. The number of ether oxygens (including phenoxy) is 1. The maximum Gasteiger partial charge on any atom is 0.271 e. The van der Waals surface area contributed by atoms with E-state index in [1.54, 1.807) is 29.2 Å². The van der Waals surface area contributed by atoms with E-state index in [2.05, 4.69) is 34.8 Å². The fourth-order valence-electron chi connectivity index (χ4n) is 3.13. The fraction of sp³-hybridized carbons (Fsp3) is 0.333. The first-order chi connectivity index (χ1) is 12.7. The number of carbonyl (C=O) groups excluding carboxylic acids is 1. The van der Waals surface area contributed by atoms with Crippen LogP contribution in [0.5, 0.6) is 5.75 Å². The highest BCUT2D eigenvalue weighted by atomic mass is 16.5. The minimum Gasteiger partial charge on any atom is -0.494 e. The number of piperidine rings is 1. The Bertz CT molecular complexity index is 732. The first-order valence-corrected chi connectivity index (χ1v) is 9.20. The highest BCUT2D eigenvalue weighted by Crippen LogP contribution is 2.12. The standard InChI is InChI=1S/C21H25N3O2/c1-2-26-20-10-8-18(9-11-20)21(25)23-22-19-12-14-24(15-13-19)16-17-6-4-3-5-7-17/h3-11H,2,12-16H2,1H3,(H,23,25)/p+1. The van der Waals surface area contributed by atoms with Gasteiger partial charge in [-0.15, -0.1) is 0 Å². The van der Waals surface area contributed by atoms with Gasteiger partial charge in [-0.05, 0) is 31.2 Å². The minimum atomic E-state index is -0.181. The number of quaternary nitrogens is 1. The monoisotopic (exact) mass is 352 g/mol. The molecule has 0 aliphatic carbocycles. The summed E-state index contributed by atoms with van der Waals surface area (Å²) in [7, 11) is 0. The molecule has 1 saturated heterocycles. The summed E-state index contributed by atoms with van der Waals surface area (Å²) < 4.78 is 5.39. The summed E-state index contributed by atoms with van der Waals surface area (Å²) in [5.74, 6) is 0.587. The van der Waals surface area contributed by atoms with Crippen molar-refractivity contribution in [3.05, 3.63) is 65.7 Å². The van der Waals surface area contributed by atoms with Crippen molar-refractivity contribution in [1.29, 1.82) is 0 Å². The molecule has 5 nitrogen and oxygen atoms in total. The number of amides is 1. The normalized spacial score (nSPS) is 16.8. The van der Waals surface area contributed by atoms with Crippen LogP contribution >= 0.6 is 0 Å². The number of hydrazone groups is 1. The highest BCUT2D eigenvalue weighted by molar-refractivity contribution is 5.95. The van der Waals surface area contributed by atoms with Crippen LogP contribution in [0.3, 0.4) is 0 Å². The molecule has 5 heteroatoms. The second kappa shape index (κ2) is 9.15. The summed E-state index contributed by atoms with van der Waals surface area (Å²) in [6.45, 7) is 5.69. The summed E-state index contributed by atoms with van der Waals surface area (Å²) >= 11 is 0. The van der Waals surface area contributed by atoms with Crippen molar-refractivity contribution < 1.29 is 14.4 Å². The van der Waals surface area contributed by atoms with E-state index in [1.807, 2.05) is 13.0 Å². The Balaban J connectivity index is 1.47. The Morgan fingerprint density at radius 1 is 1.08 bits per heavy atom. The number of likely N-dealkylation sites (tertiary alicyclic amines) is 1. The number of hydrogen-bond acceptors (Lipinski definition) is 3. The van der Waals surface area contributed by atoms with Crippen molar-refractivity contribution in [2.24, 2.45) is 5.10 Å². The van der Waals surface area contributed by atoms with E-state index >= 15 is 0 Å². The van der Waals surface area contributed by atoms with E-state index in [0.29, 0.717) is 12.2 Å². The zero-order chi connectivity index (χ0) is 18.2. The van der Waals surface area contributed by atoms with Gasteiger partial charge in [0.1, 0.15) is 12.3 Å². The Morgan fingerprint density at radius 2 is 1.77 bits per heavy atom. The maximum absolute atomic E-state index is 12.2. The third-order valence-corrected chi connectivity index (χ3v) is 4.57. The average molecular weight is 352 g/mol. The molecule has 1 amide bonds. The molecule has 0 saturated carbocycles. The summed E-state index contributed by atoms with van der Waals surface area (Å²) in [6, 6.07) is 17.7. The number of nitrogens with zero attached hydrogens (tertiary/aromatic N) is 1. The van der Waals surface area contributed by atoms with Crippen molar-refractivity contribution in [3.8, 4) is 5.75 Å². The number of carbonyl (C=O) groups is 1. The van der Waals surface area contributed by atoms with Gasteiger partial charge in [-0.1, -0.05) is 30.3 Å². The first kappa shape index (κ1) is 18.1. The second-order valence-corrected chi connectivity index (χ2v) is 6.49. The molecule has 26 heavy (non-hydrogen) atoms. The van der Waals surface area contributed by atoms with E-state index in [4.69, 9.17) is 4.74 Å². The quantitative estimate of drug-likeness (QED) is 0.782. The van der Waals surface area contributed by atoms with Gasteiger partial charge in [0.15, 0.2) is 0 Å². The van der Waals surface area contributed by atoms with Gasteiger partial charge in [-0.2, -0.15) is 5.10 Å². The number of hydrogen-bond donors (Lipinski definition) is 2. The zero-order valence-corrected chi connectivity index (χ0v) is 15.2. The molecule has 1 fully saturated rings. The average Bonchev–Trinajstić information content (AvgIpc) is 2.69. The molecule has 1 aliphatic rings. The number of rotatable bonds is 6. The second-order valence-electron chi connectivity index (χ2n) is 6.49. The van der Waals surface area contributed by atoms with E-state index in [1.165, 1.54) is 5.56 Å². The van der Waals surface area contributed by atoms with Gasteiger partial charge in [0, 0.05) is 29.7 Å². The molecular formula is C21H26N3O2+. The molecule has 1 heterocycles. The molecule has 2 aromatic carbocycles. The van der Waals surface area contributed by atoms with E-state index in [-0.39, 0.29) is 5.91 Å². The maximum atomic E-state index is 12.2. The molecule has 2 aromatic rings. The fourth-order valence-corrected chi connectivity index (χ4v) is 3.13. The Morgan fingerprint density at radius 3 is 2.42 bits per heavy atom. The van der Waals surface area contributed by atoms with Crippen LogP contribution in [0.25, 0.3) is 0 Å². The number of nitrogens with one attached hydrogen (secondary N) is 2. The molecule has 1 aliphatic heterocycles. The van der Waals surface area contributed by atoms with Crippen LogP contribution in [0.1, 0.15) is 35.7 Å². The van der Waals surface area contributed by atoms with Crippen molar-refractivity contribution >= 4 is 11.6 Å². The third-order valence-electron chi connectivity index (χ3n) is 4.57. The van der Waals surface area contributed by atoms with Crippen LogP contribution in [0.15, 0.2) is 59.7 Å². The summed E-state index contributed by atoms with van der Waals surface area (Å²) in [5.41, 5.74) is 5.71. The van der Waals surface area contributed by atoms with Crippen LogP contribution in [-0.2, 0) is 6.54 Å². The summed E-state index contributed by atoms with van der Waals surface area (Å²) in [5, 5.41) is 4.33. The van der Waals surface area contributed by atoms with E-state index in [0.717, 1.165) is 43.9 Å². The molecule has 2 N–H and O–H groups in total. The topological polar surface area (TPSA) is 55.1 Å². The van der Waals surface area contributed by atoms with E-state index in [9.17, 15) is 4.79 Å². The molecule has 0 bridgehead atoms. The highest BCUT2D eigenvalue weighted by Gasteiger charge is 2.18. The molecule has 0 radical (unpaired) electrons. The predicted octanol–water partition coefficient (Wildman–Crippen LogP) is 2.05. The van der Waals surface area contributed by atoms with Crippen LogP contribution in [-0.4, -0.2) is 31.3 Å². The predicted molar refractivity (Wildman–Crippen MR) is 103 cm³/mol. The lowest BCUT2D eigenvalue weighted by Crippen LogP contribution is -3.11. The largest absolute Gasteiger partial charge is 0.494 e. The molecule has 3 rings (SSSR count). The van der Waals surface area contributed by atoms with Gasteiger partial charge in [0.2, 0.25) is 0 Å². The summed E-state index contributed by atoms with van der Waals surface area (Å²) in [4.78, 5) is 13.8. The Kier molecular flexibility index (Phi) is 6.39. The van der Waals surface area contributed by atoms with E-state index < -0.39 is 0 Å². The van der Waals surface area contributed by atoms with Gasteiger partial charge in [0.05, 0.1) is 19.7 Å². The number of benzene rings is 2.